The lowest BCUT2D eigenvalue weighted by Crippen LogP contribution is -1.95. The van der Waals surface area contributed by atoms with Crippen molar-refractivity contribution in [3.8, 4) is 0 Å². The number of hydrogen-bond donors (Lipinski definition) is 0. The minimum atomic E-state index is 0.819. The van der Waals surface area contributed by atoms with Gasteiger partial charge >= 0.3 is 0 Å². The molecule has 0 unspecified atom stereocenters. The summed E-state index contributed by atoms with van der Waals surface area (Å²) < 4.78 is 14.6. The average molecular weight is 264 g/mol. The Balaban J connectivity index is -0.000000212. The summed E-state index contributed by atoms with van der Waals surface area (Å²) in [5, 5.41) is 0. The molecule has 0 bridgehead atoms. The molecule has 0 aromatic heterocycles. The van der Waals surface area contributed by atoms with Crippen molar-refractivity contribution < 1.29 is 14.2 Å². The van der Waals surface area contributed by atoms with E-state index in [1.807, 2.05) is 27.7 Å². The Labute approximate surface area is 115 Å². The molecule has 0 aromatic carbocycles. The summed E-state index contributed by atoms with van der Waals surface area (Å²) in [5.74, 6) is 0.824. The molecule has 114 valence electrons. The number of ether oxygens (including phenoxy) is 3. The molecule has 3 nitrogen and oxygen atoms in total. The highest BCUT2D eigenvalue weighted by molar-refractivity contribution is 4.43. The predicted molar refractivity (Wildman–Crippen MR) is 80.3 cm³/mol. The summed E-state index contributed by atoms with van der Waals surface area (Å²) in [6.07, 6.45) is 2.51. The fourth-order valence-corrected chi connectivity index (χ4v) is 0.942. The molecule has 0 saturated carbocycles. The Kier molecular flexibility index (Phi) is 32.8. The van der Waals surface area contributed by atoms with Crippen molar-refractivity contribution in [2.24, 2.45) is 5.92 Å². The van der Waals surface area contributed by atoms with Gasteiger partial charge in [-0.25, -0.2) is 0 Å². The molecular weight excluding hydrogens is 228 g/mol. The molecule has 0 aromatic rings. The summed E-state index contributed by atoms with van der Waals surface area (Å²) >= 11 is 0. The topological polar surface area (TPSA) is 27.7 Å². The van der Waals surface area contributed by atoms with Crippen molar-refractivity contribution in [3.05, 3.63) is 0 Å². The van der Waals surface area contributed by atoms with E-state index < -0.39 is 0 Å². The molecule has 0 saturated heterocycles. The summed E-state index contributed by atoms with van der Waals surface area (Å²) in [7, 11) is 1.68. The molecule has 0 aliphatic heterocycles. The van der Waals surface area contributed by atoms with Crippen LogP contribution < -0.4 is 0 Å². The highest BCUT2D eigenvalue weighted by Gasteiger charge is 1.91. The Morgan fingerprint density at radius 1 is 0.778 bits per heavy atom. The zero-order chi connectivity index (χ0) is 14.6. The third-order valence-electron chi connectivity index (χ3n) is 1.97. The predicted octanol–water partition coefficient (Wildman–Crippen LogP) is 4.15. The maximum Gasteiger partial charge on any atom is 0.0465 e. The quantitative estimate of drug-likeness (QED) is 0.616. The first kappa shape index (κ1) is 23.0. The molecule has 0 aliphatic carbocycles. The molecule has 0 amide bonds. The van der Waals surface area contributed by atoms with Gasteiger partial charge in [-0.1, -0.05) is 13.8 Å². The van der Waals surface area contributed by atoms with E-state index in [-0.39, 0.29) is 0 Å². The van der Waals surface area contributed by atoms with Crippen molar-refractivity contribution in [1.82, 2.24) is 0 Å². The van der Waals surface area contributed by atoms with E-state index >= 15 is 0 Å². The first-order valence-corrected chi connectivity index (χ1v) is 7.24. The van der Waals surface area contributed by atoms with Crippen LogP contribution in [0.5, 0.6) is 0 Å². The maximum atomic E-state index is 5.18. The van der Waals surface area contributed by atoms with E-state index in [4.69, 9.17) is 9.47 Å². The molecule has 0 aliphatic rings. The van der Waals surface area contributed by atoms with Crippen LogP contribution in [0.2, 0.25) is 0 Å². The lowest BCUT2D eigenvalue weighted by Gasteiger charge is -2.02. The van der Waals surface area contributed by atoms with Crippen LogP contribution in [-0.4, -0.2) is 40.1 Å². The van der Waals surface area contributed by atoms with Gasteiger partial charge in [-0.2, -0.15) is 0 Å². The first-order valence-electron chi connectivity index (χ1n) is 7.24. The smallest absolute Gasteiger partial charge is 0.0465 e. The summed E-state index contributed by atoms with van der Waals surface area (Å²) in [6, 6.07) is 0. The maximum absolute atomic E-state index is 5.18. The minimum absolute atomic E-state index is 0.819. The number of hydrogen-bond acceptors (Lipinski definition) is 3. The summed E-state index contributed by atoms with van der Waals surface area (Å²) in [5.41, 5.74) is 0. The molecule has 0 spiro atoms. The monoisotopic (exact) mass is 264 g/mol. The Morgan fingerprint density at radius 3 is 1.44 bits per heavy atom. The Morgan fingerprint density at radius 2 is 1.22 bits per heavy atom. The van der Waals surface area contributed by atoms with Crippen LogP contribution in [0.4, 0.5) is 0 Å². The molecule has 3 heteroatoms. The van der Waals surface area contributed by atoms with Crippen molar-refractivity contribution in [3.63, 3.8) is 0 Å². The van der Waals surface area contributed by atoms with Crippen molar-refractivity contribution in [1.29, 1.82) is 0 Å². The Hall–Kier alpha value is -0.120. The van der Waals surface area contributed by atoms with E-state index in [9.17, 15) is 0 Å². The van der Waals surface area contributed by atoms with Crippen LogP contribution in [0.1, 0.15) is 54.4 Å². The largest absolute Gasteiger partial charge is 0.385 e. The van der Waals surface area contributed by atoms with Crippen LogP contribution in [0.15, 0.2) is 0 Å². The first-order chi connectivity index (χ1) is 8.60. The van der Waals surface area contributed by atoms with Gasteiger partial charge in [0.05, 0.1) is 0 Å². The molecule has 0 rings (SSSR count). The third kappa shape index (κ3) is 44.6. The highest BCUT2D eigenvalue weighted by Crippen LogP contribution is 2.02. The van der Waals surface area contributed by atoms with Crippen LogP contribution in [-0.2, 0) is 14.2 Å². The number of rotatable bonds is 8. The van der Waals surface area contributed by atoms with E-state index in [1.54, 1.807) is 7.11 Å². The van der Waals surface area contributed by atoms with Gasteiger partial charge in [0, 0.05) is 40.1 Å². The van der Waals surface area contributed by atoms with Gasteiger partial charge in [-0.3, -0.25) is 0 Å². The van der Waals surface area contributed by atoms with Crippen molar-refractivity contribution in [2.45, 2.75) is 54.4 Å². The van der Waals surface area contributed by atoms with Crippen LogP contribution in [0.3, 0.4) is 0 Å². The van der Waals surface area contributed by atoms with Gasteiger partial charge in [-0.05, 0) is 46.5 Å². The molecule has 0 radical (unpaired) electrons. The Bertz CT molecular complexity index is 102. The van der Waals surface area contributed by atoms with Gasteiger partial charge < -0.3 is 14.2 Å². The zero-order valence-electron chi connectivity index (χ0n) is 13.8. The van der Waals surface area contributed by atoms with E-state index in [2.05, 4.69) is 18.6 Å². The normalized spacial score (nSPS) is 9.33. The van der Waals surface area contributed by atoms with E-state index in [1.165, 1.54) is 12.8 Å². The van der Waals surface area contributed by atoms with Gasteiger partial charge in [0.2, 0.25) is 0 Å². The van der Waals surface area contributed by atoms with Gasteiger partial charge in [0.15, 0.2) is 0 Å². The van der Waals surface area contributed by atoms with E-state index in [0.29, 0.717) is 0 Å². The second-order valence-electron chi connectivity index (χ2n) is 4.09. The molecular formula is C15H36O3. The average Bonchev–Trinajstić information content (AvgIpc) is 2.36. The highest BCUT2D eigenvalue weighted by atomic mass is 16.5. The lowest BCUT2D eigenvalue weighted by atomic mass is 10.1. The molecule has 0 fully saturated rings. The van der Waals surface area contributed by atoms with Crippen LogP contribution in [0.25, 0.3) is 0 Å². The van der Waals surface area contributed by atoms with Crippen molar-refractivity contribution in [2.75, 3.05) is 40.1 Å². The molecule has 18 heavy (non-hydrogen) atoms. The van der Waals surface area contributed by atoms with Gasteiger partial charge in [0.1, 0.15) is 0 Å². The van der Waals surface area contributed by atoms with Crippen LogP contribution in [0, 0.1) is 5.92 Å². The molecule has 0 heterocycles. The van der Waals surface area contributed by atoms with Gasteiger partial charge in [0.25, 0.3) is 0 Å². The lowest BCUT2D eigenvalue weighted by molar-refractivity contribution is 0.140. The summed E-state index contributed by atoms with van der Waals surface area (Å²) in [6.45, 7) is 16.8. The van der Waals surface area contributed by atoms with Crippen molar-refractivity contribution >= 4 is 0 Å². The number of methoxy groups -OCH3 is 1. The zero-order valence-corrected chi connectivity index (χ0v) is 13.8. The molecule has 0 atom stereocenters. The minimum Gasteiger partial charge on any atom is -0.385 e. The van der Waals surface area contributed by atoms with Gasteiger partial charge in [-0.15, -0.1) is 0 Å². The van der Waals surface area contributed by atoms with Crippen LogP contribution >= 0.6 is 0 Å². The summed E-state index contributed by atoms with van der Waals surface area (Å²) in [4.78, 5) is 0. The SMILES string of the molecule is CCOC.CCOCC.CCOCCCC(C)C. The second kappa shape index (κ2) is 25.7. The standard InChI is InChI=1S/C8H18O.C4H10O.C3H8O/c1-4-9-7-5-6-8(2)3;1-3-5-4-2;1-3-4-2/h8H,4-7H2,1-3H3;3-4H2,1-2H3;3H2,1-2H3. The fourth-order valence-electron chi connectivity index (χ4n) is 0.942. The third-order valence-corrected chi connectivity index (χ3v) is 1.97. The fraction of sp³-hybridized carbons (Fsp3) is 1.00. The molecule has 0 N–H and O–H groups in total. The van der Waals surface area contributed by atoms with E-state index in [0.717, 1.165) is 39.0 Å². The second-order valence-corrected chi connectivity index (χ2v) is 4.09.